The predicted octanol–water partition coefficient (Wildman–Crippen LogP) is 4.56. The van der Waals surface area contributed by atoms with Crippen molar-refractivity contribution in [3.8, 4) is 28.7 Å². The van der Waals surface area contributed by atoms with Crippen LogP contribution in [0.15, 0.2) is 47.0 Å². The van der Waals surface area contributed by atoms with Crippen molar-refractivity contribution < 1.29 is 4.52 Å². The molecule has 0 N–H and O–H groups in total. The van der Waals surface area contributed by atoms with E-state index in [1.165, 1.54) is 11.1 Å². The lowest BCUT2D eigenvalue weighted by Gasteiger charge is -2.06. The van der Waals surface area contributed by atoms with Gasteiger partial charge in [0.1, 0.15) is 0 Å². The molecule has 0 unspecified atom stereocenters. The zero-order valence-corrected chi connectivity index (χ0v) is 15.3. The van der Waals surface area contributed by atoms with Crippen LogP contribution in [0.1, 0.15) is 16.8 Å². The molecule has 0 atom stereocenters. The van der Waals surface area contributed by atoms with Gasteiger partial charge in [0.15, 0.2) is 5.69 Å². The Hall–Kier alpha value is -2.99. The predicted molar refractivity (Wildman–Crippen MR) is 99.3 cm³/mol. The molecular weight excluding hydrogens is 350 g/mol. The lowest BCUT2D eigenvalue weighted by molar-refractivity contribution is 0.430. The first-order chi connectivity index (χ1) is 12.5. The van der Waals surface area contributed by atoms with Gasteiger partial charge in [0.25, 0.3) is 5.89 Å². The van der Waals surface area contributed by atoms with Crippen LogP contribution in [-0.2, 0) is 0 Å². The Morgan fingerprint density at radius 2 is 1.73 bits per heavy atom. The molecule has 0 bridgehead atoms. The maximum absolute atomic E-state index is 5.92. The highest BCUT2D eigenvalue weighted by molar-refractivity contribution is 6.30. The summed E-state index contributed by atoms with van der Waals surface area (Å²) in [5.74, 6) is 0.819. The van der Waals surface area contributed by atoms with Gasteiger partial charge < -0.3 is 4.52 Å². The summed E-state index contributed by atoms with van der Waals surface area (Å²) in [6.45, 7) is 6.08. The quantitative estimate of drug-likeness (QED) is 0.532. The van der Waals surface area contributed by atoms with Crippen LogP contribution in [0.3, 0.4) is 0 Å². The number of aryl methyl sites for hydroxylation is 2. The molecule has 4 aromatic rings. The minimum Gasteiger partial charge on any atom is -0.332 e. The molecule has 130 valence electrons. The van der Waals surface area contributed by atoms with Crippen molar-refractivity contribution >= 4 is 11.6 Å². The molecule has 0 aliphatic carbocycles. The van der Waals surface area contributed by atoms with Crippen LogP contribution in [0.5, 0.6) is 0 Å². The van der Waals surface area contributed by atoms with E-state index in [4.69, 9.17) is 16.1 Å². The van der Waals surface area contributed by atoms with Gasteiger partial charge >= 0.3 is 0 Å². The van der Waals surface area contributed by atoms with E-state index in [0.29, 0.717) is 22.4 Å². The molecule has 4 rings (SSSR count). The Balaban J connectivity index is 1.70. The second-order valence-corrected chi connectivity index (χ2v) is 6.57. The van der Waals surface area contributed by atoms with E-state index in [2.05, 4.69) is 46.4 Å². The van der Waals surface area contributed by atoms with Gasteiger partial charge in [0.2, 0.25) is 5.82 Å². The molecule has 0 aliphatic rings. The minimum absolute atomic E-state index is 0.336. The summed E-state index contributed by atoms with van der Waals surface area (Å²) in [6.07, 6.45) is 0. The van der Waals surface area contributed by atoms with Gasteiger partial charge in [-0.1, -0.05) is 28.0 Å². The molecule has 7 heteroatoms. The smallest absolute Gasteiger partial charge is 0.280 e. The molecule has 2 aromatic carbocycles. The van der Waals surface area contributed by atoms with Crippen molar-refractivity contribution in [2.75, 3.05) is 0 Å². The first-order valence-corrected chi connectivity index (χ1v) is 8.50. The summed E-state index contributed by atoms with van der Waals surface area (Å²) in [5.41, 5.74) is 5.60. The molecule has 0 spiro atoms. The largest absolute Gasteiger partial charge is 0.332 e. The normalized spacial score (nSPS) is 11.1. The highest BCUT2D eigenvalue weighted by Crippen LogP contribution is 2.25. The first kappa shape index (κ1) is 16.5. The number of nitrogens with zero attached hydrogens (tertiary/aromatic N) is 5. The molecule has 0 radical (unpaired) electrons. The van der Waals surface area contributed by atoms with Crippen LogP contribution in [0.25, 0.3) is 28.7 Å². The van der Waals surface area contributed by atoms with Crippen molar-refractivity contribution in [1.82, 2.24) is 25.1 Å². The number of benzene rings is 2. The number of hydrogen-bond acceptors (Lipinski definition) is 5. The lowest BCUT2D eigenvalue weighted by Crippen LogP contribution is -2.00. The van der Waals surface area contributed by atoms with E-state index in [1.54, 1.807) is 16.8 Å². The summed E-state index contributed by atoms with van der Waals surface area (Å²) >= 11 is 5.92. The summed E-state index contributed by atoms with van der Waals surface area (Å²) in [5, 5.41) is 13.2. The van der Waals surface area contributed by atoms with Gasteiger partial charge in [-0.2, -0.15) is 4.98 Å². The fraction of sp³-hybridized carbons (Fsp3) is 0.158. The molecule has 6 nitrogen and oxygen atoms in total. The average molecular weight is 366 g/mol. The van der Waals surface area contributed by atoms with Crippen LogP contribution >= 0.6 is 11.6 Å². The van der Waals surface area contributed by atoms with Gasteiger partial charge in [-0.3, -0.25) is 0 Å². The summed E-state index contributed by atoms with van der Waals surface area (Å²) in [6, 6.07) is 13.4. The van der Waals surface area contributed by atoms with Crippen LogP contribution in [0.2, 0.25) is 5.02 Å². The number of aromatic nitrogens is 5. The van der Waals surface area contributed by atoms with Crippen molar-refractivity contribution in [1.29, 1.82) is 0 Å². The second-order valence-electron chi connectivity index (χ2n) is 6.13. The lowest BCUT2D eigenvalue weighted by atomic mass is 10.1. The Morgan fingerprint density at radius 1 is 0.962 bits per heavy atom. The highest BCUT2D eigenvalue weighted by Gasteiger charge is 2.19. The monoisotopic (exact) mass is 365 g/mol. The van der Waals surface area contributed by atoms with E-state index in [0.717, 1.165) is 16.9 Å². The summed E-state index contributed by atoms with van der Waals surface area (Å²) in [7, 11) is 0. The Kier molecular flexibility index (Phi) is 4.05. The molecule has 0 saturated heterocycles. The summed E-state index contributed by atoms with van der Waals surface area (Å²) in [4.78, 5) is 4.44. The zero-order valence-electron chi connectivity index (χ0n) is 14.6. The number of halogens is 1. The molecule has 0 aliphatic heterocycles. The van der Waals surface area contributed by atoms with Gasteiger partial charge in [0, 0.05) is 10.6 Å². The first-order valence-electron chi connectivity index (χ1n) is 8.13. The molecule has 0 amide bonds. The topological polar surface area (TPSA) is 69.6 Å². The van der Waals surface area contributed by atoms with Gasteiger partial charge in [0.05, 0.1) is 11.4 Å². The second kappa shape index (κ2) is 6.38. The van der Waals surface area contributed by atoms with Crippen molar-refractivity contribution in [3.05, 3.63) is 64.3 Å². The summed E-state index contributed by atoms with van der Waals surface area (Å²) < 4.78 is 7.17. The number of rotatable bonds is 3. The van der Waals surface area contributed by atoms with E-state index in [-0.39, 0.29) is 0 Å². The van der Waals surface area contributed by atoms with Gasteiger partial charge in [-0.05, 0) is 68.3 Å². The van der Waals surface area contributed by atoms with E-state index in [1.807, 2.05) is 25.1 Å². The van der Waals surface area contributed by atoms with Gasteiger partial charge in [-0.15, -0.1) is 5.10 Å². The standard InChI is InChI=1S/C19H16ClN5O/c1-11-4-9-16(10-12(11)2)25-13(3)17(22-24-25)19-21-18(23-26-19)14-5-7-15(20)8-6-14/h4-10H,1-3H3. The van der Waals surface area contributed by atoms with Crippen molar-refractivity contribution in [2.24, 2.45) is 0 Å². The Morgan fingerprint density at radius 3 is 2.46 bits per heavy atom. The molecular formula is C19H16ClN5O. The third-order valence-electron chi connectivity index (χ3n) is 4.36. The maximum Gasteiger partial charge on any atom is 0.280 e. The molecule has 0 saturated carbocycles. The van der Waals surface area contributed by atoms with Crippen molar-refractivity contribution in [2.45, 2.75) is 20.8 Å². The number of hydrogen-bond donors (Lipinski definition) is 0. The molecule has 2 heterocycles. The Bertz CT molecular complexity index is 1080. The van der Waals surface area contributed by atoms with E-state index < -0.39 is 0 Å². The van der Waals surface area contributed by atoms with E-state index >= 15 is 0 Å². The average Bonchev–Trinajstić information content (AvgIpc) is 3.25. The fourth-order valence-corrected chi connectivity index (χ4v) is 2.79. The zero-order chi connectivity index (χ0) is 18.3. The SMILES string of the molecule is Cc1ccc(-n2nnc(-c3nc(-c4ccc(Cl)cc4)no3)c2C)cc1C. The van der Waals surface area contributed by atoms with Crippen LogP contribution in [0, 0.1) is 20.8 Å². The van der Waals surface area contributed by atoms with Crippen molar-refractivity contribution in [3.63, 3.8) is 0 Å². The maximum atomic E-state index is 5.92. The third-order valence-corrected chi connectivity index (χ3v) is 4.61. The highest BCUT2D eigenvalue weighted by atomic mass is 35.5. The van der Waals surface area contributed by atoms with Crippen LogP contribution in [-0.4, -0.2) is 25.1 Å². The molecule has 26 heavy (non-hydrogen) atoms. The molecule has 0 fully saturated rings. The van der Waals surface area contributed by atoms with Crippen LogP contribution < -0.4 is 0 Å². The van der Waals surface area contributed by atoms with Crippen LogP contribution in [0.4, 0.5) is 0 Å². The molecule has 2 aromatic heterocycles. The minimum atomic E-state index is 0.336. The fourth-order valence-electron chi connectivity index (χ4n) is 2.67. The third kappa shape index (κ3) is 2.88. The Labute approximate surface area is 155 Å². The van der Waals surface area contributed by atoms with E-state index in [9.17, 15) is 0 Å². The van der Waals surface area contributed by atoms with Gasteiger partial charge in [-0.25, -0.2) is 4.68 Å².